The fourth-order valence-corrected chi connectivity index (χ4v) is 1.58. The van der Waals surface area contributed by atoms with Crippen LogP contribution in [0.3, 0.4) is 0 Å². The predicted octanol–water partition coefficient (Wildman–Crippen LogP) is 4.83. The van der Waals surface area contributed by atoms with Gasteiger partial charge < -0.3 is 4.74 Å². The first-order chi connectivity index (χ1) is 7.90. The summed E-state index contributed by atoms with van der Waals surface area (Å²) in [6.45, 7) is 6.95. The highest BCUT2D eigenvalue weighted by Gasteiger charge is 2.13. The molecule has 0 aliphatic rings. The van der Waals surface area contributed by atoms with Crippen molar-refractivity contribution < 1.29 is 13.5 Å². The van der Waals surface area contributed by atoms with Gasteiger partial charge in [-0.1, -0.05) is 32.9 Å². The number of ether oxygens (including phenoxy) is 1. The normalized spacial score (nSPS) is 11.9. The first kappa shape index (κ1) is 13.9. The SMILES string of the molecule is CC(C)(C)CCCOc1ccccc1C(F)F. The number of halogens is 2. The van der Waals surface area contributed by atoms with Crippen LogP contribution in [0.1, 0.15) is 45.6 Å². The lowest BCUT2D eigenvalue weighted by atomic mass is 9.91. The molecule has 0 aliphatic heterocycles. The molecule has 0 bridgehead atoms. The van der Waals surface area contributed by atoms with E-state index in [0.29, 0.717) is 12.4 Å². The molecule has 0 saturated carbocycles. The van der Waals surface area contributed by atoms with E-state index in [0.717, 1.165) is 12.8 Å². The van der Waals surface area contributed by atoms with Gasteiger partial charge in [-0.2, -0.15) is 0 Å². The Kier molecular flexibility index (Phi) is 4.91. The monoisotopic (exact) mass is 242 g/mol. The molecule has 0 heterocycles. The van der Waals surface area contributed by atoms with Gasteiger partial charge in [-0.05, 0) is 30.4 Å². The summed E-state index contributed by atoms with van der Waals surface area (Å²) in [6, 6.07) is 6.32. The first-order valence-electron chi connectivity index (χ1n) is 5.90. The van der Waals surface area contributed by atoms with Crippen molar-refractivity contribution in [2.75, 3.05) is 6.61 Å². The number of hydrogen-bond donors (Lipinski definition) is 0. The maximum atomic E-state index is 12.6. The average Bonchev–Trinajstić information content (AvgIpc) is 2.23. The standard InChI is InChI=1S/C14H20F2O/c1-14(2,3)9-6-10-17-12-8-5-4-7-11(12)13(15)16/h4-5,7-8,13H,6,9-10H2,1-3H3. The van der Waals surface area contributed by atoms with E-state index in [2.05, 4.69) is 20.8 Å². The predicted molar refractivity (Wildman–Crippen MR) is 65.6 cm³/mol. The lowest BCUT2D eigenvalue weighted by molar-refractivity contribution is 0.144. The van der Waals surface area contributed by atoms with Crippen LogP contribution < -0.4 is 4.74 Å². The molecule has 1 aromatic rings. The molecule has 0 N–H and O–H groups in total. The zero-order chi connectivity index (χ0) is 12.9. The van der Waals surface area contributed by atoms with Crippen LogP contribution >= 0.6 is 0 Å². The molecule has 0 saturated heterocycles. The van der Waals surface area contributed by atoms with Crippen molar-refractivity contribution in [3.8, 4) is 5.75 Å². The summed E-state index contributed by atoms with van der Waals surface area (Å²) >= 11 is 0. The van der Waals surface area contributed by atoms with E-state index in [1.54, 1.807) is 18.2 Å². The van der Waals surface area contributed by atoms with Crippen LogP contribution in [-0.4, -0.2) is 6.61 Å². The first-order valence-corrected chi connectivity index (χ1v) is 5.90. The van der Waals surface area contributed by atoms with Crippen molar-refractivity contribution in [2.24, 2.45) is 5.41 Å². The highest BCUT2D eigenvalue weighted by molar-refractivity contribution is 5.34. The molecule has 0 amide bonds. The third kappa shape index (κ3) is 5.16. The second kappa shape index (κ2) is 5.99. The summed E-state index contributed by atoms with van der Waals surface area (Å²) in [4.78, 5) is 0. The summed E-state index contributed by atoms with van der Waals surface area (Å²) in [5.41, 5.74) is 0.231. The molecule has 0 unspecified atom stereocenters. The molecule has 3 heteroatoms. The number of rotatable bonds is 5. The Morgan fingerprint density at radius 3 is 2.41 bits per heavy atom. The Morgan fingerprint density at radius 2 is 1.82 bits per heavy atom. The Balaban J connectivity index is 2.47. The Labute approximate surface area is 102 Å². The second-order valence-electron chi connectivity index (χ2n) is 5.35. The molecule has 1 rings (SSSR count). The van der Waals surface area contributed by atoms with Gasteiger partial charge >= 0.3 is 0 Å². The van der Waals surface area contributed by atoms with Gasteiger partial charge in [0.25, 0.3) is 6.43 Å². The number of para-hydroxylation sites is 1. The van der Waals surface area contributed by atoms with E-state index in [-0.39, 0.29) is 11.0 Å². The Hall–Kier alpha value is -1.12. The van der Waals surface area contributed by atoms with Crippen LogP contribution in [0.15, 0.2) is 24.3 Å². The fraction of sp³-hybridized carbons (Fsp3) is 0.571. The van der Waals surface area contributed by atoms with Crippen molar-refractivity contribution in [3.05, 3.63) is 29.8 Å². The summed E-state index contributed by atoms with van der Waals surface area (Å²) in [6.07, 6.45) is -0.584. The van der Waals surface area contributed by atoms with E-state index >= 15 is 0 Å². The van der Waals surface area contributed by atoms with E-state index < -0.39 is 6.43 Å². The minimum atomic E-state index is -2.48. The average molecular weight is 242 g/mol. The van der Waals surface area contributed by atoms with Crippen LogP contribution in [0, 0.1) is 5.41 Å². The number of alkyl halides is 2. The molecule has 0 aromatic heterocycles. The highest BCUT2D eigenvalue weighted by atomic mass is 19.3. The zero-order valence-corrected chi connectivity index (χ0v) is 10.7. The van der Waals surface area contributed by atoms with Gasteiger partial charge in [0.2, 0.25) is 0 Å². The molecule has 0 radical (unpaired) electrons. The third-order valence-electron chi connectivity index (χ3n) is 2.48. The quantitative estimate of drug-likeness (QED) is 0.672. The molecule has 1 aromatic carbocycles. The maximum absolute atomic E-state index is 12.6. The largest absolute Gasteiger partial charge is 0.493 e. The van der Waals surface area contributed by atoms with Gasteiger partial charge in [0.1, 0.15) is 5.75 Å². The molecule has 0 aliphatic carbocycles. The molecular weight excluding hydrogens is 222 g/mol. The van der Waals surface area contributed by atoms with E-state index in [4.69, 9.17) is 4.74 Å². The third-order valence-corrected chi connectivity index (χ3v) is 2.48. The van der Waals surface area contributed by atoms with Crippen molar-refractivity contribution in [1.82, 2.24) is 0 Å². The molecule has 0 atom stereocenters. The Morgan fingerprint density at radius 1 is 1.18 bits per heavy atom. The van der Waals surface area contributed by atoms with E-state index in [9.17, 15) is 8.78 Å². The maximum Gasteiger partial charge on any atom is 0.267 e. The summed E-state index contributed by atoms with van der Waals surface area (Å²) < 4.78 is 30.7. The van der Waals surface area contributed by atoms with Crippen LogP contribution in [-0.2, 0) is 0 Å². The van der Waals surface area contributed by atoms with Crippen LogP contribution in [0.5, 0.6) is 5.75 Å². The van der Waals surface area contributed by atoms with Crippen molar-refractivity contribution in [3.63, 3.8) is 0 Å². The van der Waals surface area contributed by atoms with Crippen LogP contribution in [0.25, 0.3) is 0 Å². The summed E-state index contributed by atoms with van der Waals surface area (Å²) in [5, 5.41) is 0. The summed E-state index contributed by atoms with van der Waals surface area (Å²) in [7, 11) is 0. The van der Waals surface area contributed by atoms with Crippen LogP contribution in [0.2, 0.25) is 0 Å². The minimum absolute atomic E-state index is 0.0248. The molecule has 96 valence electrons. The molecule has 1 nitrogen and oxygen atoms in total. The number of benzene rings is 1. The highest BCUT2D eigenvalue weighted by Crippen LogP contribution is 2.29. The molecule has 0 fully saturated rings. The van der Waals surface area contributed by atoms with Crippen molar-refractivity contribution in [1.29, 1.82) is 0 Å². The van der Waals surface area contributed by atoms with Gasteiger partial charge in [-0.3, -0.25) is 0 Å². The summed E-state index contributed by atoms with van der Waals surface area (Å²) in [5.74, 6) is 0.302. The molecule has 17 heavy (non-hydrogen) atoms. The van der Waals surface area contributed by atoms with Gasteiger partial charge in [0.05, 0.1) is 12.2 Å². The van der Waals surface area contributed by atoms with Crippen molar-refractivity contribution in [2.45, 2.75) is 40.0 Å². The van der Waals surface area contributed by atoms with Gasteiger partial charge in [0, 0.05) is 0 Å². The molecule has 0 spiro atoms. The lowest BCUT2D eigenvalue weighted by Crippen LogP contribution is -2.08. The molecular formula is C14H20F2O. The fourth-order valence-electron chi connectivity index (χ4n) is 1.58. The smallest absolute Gasteiger partial charge is 0.267 e. The Bertz CT molecular complexity index is 342. The van der Waals surface area contributed by atoms with Gasteiger partial charge in [0.15, 0.2) is 0 Å². The van der Waals surface area contributed by atoms with Gasteiger partial charge in [-0.15, -0.1) is 0 Å². The lowest BCUT2D eigenvalue weighted by Gasteiger charge is -2.18. The van der Waals surface area contributed by atoms with E-state index in [1.165, 1.54) is 6.07 Å². The second-order valence-corrected chi connectivity index (χ2v) is 5.35. The number of hydrogen-bond acceptors (Lipinski definition) is 1. The van der Waals surface area contributed by atoms with Gasteiger partial charge in [-0.25, -0.2) is 8.78 Å². The topological polar surface area (TPSA) is 9.23 Å². The zero-order valence-electron chi connectivity index (χ0n) is 10.7. The van der Waals surface area contributed by atoms with E-state index in [1.807, 2.05) is 0 Å². The van der Waals surface area contributed by atoms with Crippen molar-refractivity contribution >= 4 is 0 Å². The minimum Gasteiger partial charge on any atom is -0.493 e. The van der Waals surface area contributed by atoms with Crippen LogP contribution in [0.4, 0.5) is 8.78 Å².